The molecule has 0 aliphatic rings. The average molecular weight is 311 g/mol. The maximum absolute atomic E-state index is 11.9. The Morgan fingerprint density at radius 3 is 2.76 bits per heavy atom. The molecular formula is C13H11BrO2S. The number of aryl methyl sites for hydroxylation is 1. The van der Waals surface area contributed by atoms with Gasteiger partial charge >= 0.3 is 0 Å². The Morgan fingerprint density at radius 1 is 1.35 bits per heavy atom. The summed E-state index contributed by atoms with van der Waals surface area (Å²) in [6, 6.07) is 9.53. The second-order valence-corrected chi connectivity index (χ2v) is 5.35. The molecule has 0 bridgehead atoms. The molecule has 0 saturated heterocycles. The van der Waals surface area contributed by atoms with Gasteiger partial charge < -0.3 is 4.74 Å². The predicted octanol–water partition coefficient (Wildman–Crippen LogP) is 4.08. The summed E-state index contributed by atoms with van der Waals surface area (Å²) in [6.07, 6.45) is 0. The molecule has 0 aliphatic heterocycles. The highest BCUT2D eigenvalue weighted by atomic mass is 79.9. The fraction of sp³-hybridized carbons (Fsp3) is 0.154. The van der Waals surface area contributed by atoms with Gasteiger partial charge in [-0.25, -0.2) is 0 Å². The average Bonchev–Trinajstić information content (AvgIpc) is 2.74. The Bertz CT molecular complexity index is 534. The van der Waals surface area contributed by atoms with Crippen molar-refractivity contribution in [2.75, 3.05) is 6.61 Å². The SMILES string of the molecule is Cc1ccccc1OCC(=O)c1sccc1Br. The van der Waals surface area contributed by atoms with Gasteiger partial charge in [0.2, 0.25) is 5.78 Å². The van der Waals surface area contributed by atoms with E-state index >= 15 is 0 Å². The lowest BCUT2D eigenvalue weighted by Crippen LogP contribution is -2.11. The highest BCUT2D eigenvalue weighted by molar-refractivity contribution is 9.10. The molecule has 1 heterocycles. The third-order valence-electron chi connectivity index (χ3n) is 2.32. The largest absolute Gasteiger partial charge is 0.485 e. The Hall–Kier alpha value is -1.13. The summed E-state index contributed by atoms with van der Waals surface area (Å²) in [6.45, 7) is 2.03. The summed E-state index contributed by atoms with van der Waals surface area (Å²) in [7, 11) is 0. The lowest BCUT2D eigenvalue weighted by atomic mass is 10.2. The number of rotatable bonds is 4. The number of hydrogen-bond acceptors (Lipinski definition) is 3. The van der Waals surface area contributed by atoms with Crippen LogP contribution >= 0.6 is 27.3 Å². The molecule has 2 rings (SSSR count). The van der Waals surface area contributed by atoms with Gasteiger partial charge in [-0.1, -0.05) is 18.2 Å². The van der Waals surface area contributed by atoms with E-state index in [1.165, 1.54) is 11.3 Å². The maximum atomic E-state index is 11.9. The normalized spacial score (nSPS) is 10.2. The fourth-order valence-corrected chi connectivity index (χ4v) is 2.94. The minimum atomic E-state index is -0.00451. The number of Topliss-reactive ketones (excluding diaryl/α,β-unsaturated/α-hetero) is 1. The number of thiophene rings is 1. The van der Waals surface area contributed by atoms with Crippen LogP contribution in [-0.2, 0) is 0 Å². The van der Waals surface area contributed by atoms with Gasteiger partial charge in [-0.15, -0.1) is 11.3 Å². The second kappa shape index (κ2) is 5.47. The van der Waals surface area contributed by atoms with E-state index in [0.717, 1.165) is 15.8 Å². The third-order valence-corrected chi connectivity index (χ3v) is 4.20. The van der Waals surface area contributed by atoms with Gasteiger partial charge in [0, 0.05) is 4.47 Å². The van der Waals surface area contributed by atoms with Crippen molar-refractivity contribution >= 4 is 33.0 Å². The molecule has 0 spiro atoms. The number of ketones is 1. The van der Waals surface area contributed by atoms with Crippen LogP contribution in [0, 0.1) is 6.92 Å². The Morgan fingerprint density at radius 2 is 2.12 bits per heavy atom. The van der Waals surface area contributed by atoms with Gasteiger partial charge in [-0.2, -0.15) is 0 Å². The molecule has 17 heavy (non-hydrogen) atoms. The number of para-hydroxylation sites is 1. The van der Waals surface area contributed by atoms with Crippen LogP contribution in [-0.4, -0.2) is 12.4 Å². The topological polar surface area (TPSA) is 26.3 Å². The first-order valence-corrected chi connectivity index (χ1v) is 6.80. The molecule has 0 amide bonds. The van der Waals surface area contributed by atoms with E-state index in [2.05, 4.69) is 15.9 Å². The zero-order valence-electron chi connectivity index (χ0n) is 9.27. The van der Waals surface area contributed by atoms with E-state index in [1.807, 2.05) is 42.6 Å². The van der Waals surface area contributed by atoms with Crippen LogP contribution in [0.25, 0.3) is 0 Å². The van der Waals surface area contributed by atoms with Crippen molar-refractivity contribution in [3.63, 3.8) is 0 Å². The van der Waals surface area contributed by atoms with Crippen LogP contribution in [0.2, 0.25) is 0 Å². The smallest absolute Gasteiger partial charge is 0.211 e. The standard InChI is InChI=1S/C13H11BrO2S/c1-9-4-2-3-5-12(9)16-8-11(15)13-10(14)6-7-17-13/h2-7H,8H2,1H3. The zero-order valence-corrected chi connectivity index (χ0v) is 11.7. The number of carbonyl (C=O) groups is 1. The lowest BCUT2D eigenvalue weighted by molar-refractivity contribution is 0.0924. The molecule has 0 atom stereocenters. The number of halogens is 1. The quantitative estimate of drug-likeness (QED) is 0.795. The molecule has 0 N–H and O–H groups in total. The summed E-state index contributed by atoms with van der Waals surface area (Å²) < 4.78 is 6.35. The first-order valence-electron chi connectivity index (χ1n) is 5.13. The molecule has 0 unspecified atom stereocenters. The Labute approximate surface area is 112 Å². The number of hydrogen-bond donors (Lipinski definition) is 0. The van der Waals surface area contributed by atoms with E-state index in [0.29, 0.717) is 4.88 Å². The van der Waals surface area contributed by atoms with Gasteiger partial charge in [0.1, 0.15) is 5.75 Å². The van der Waals surface area contributed by atoms with Crippen LogP contribution in [0.15, 0.2) is 40.2 Å². The highest BCUT2D eigenvalue weighted by Crippen LogP contribution is 2.23. The number of carbonyl (C=O) groups excluding carboxylic acids is 1. The van der Waals surface area contributed by atoms with Crippen molar-refractivity contribution in [3.05, 3.63) is 50.6 Å². The van der Waals surface area contributed by atoms with Gasteiger partial charge in [0.25, 0.3) is 0 Å². The molecule has 0 aliphatic carbocycles. The molecule has 2 nitrogen and oxygen atoms in total. The van der Waals surface area contributed by atoms with Crippen molar-refractivity contribution in [1.82, 2.24) is 0 Å². The van der Waals surface area contributed by atoms with Gasteiger partial charge in [0.15, 0.2) is 6.61 Å². The van der Waals surface area contributed by atoms with E-state index in [-0.39, 0.29) is 12.4 Å². The van der Waals surface area contributed by atoms with E-state index in [4.69, 9.17) is 4.74 Å². The molecule has 0 radical (unpaired) electrons. The van der Waals surface area contributed by atoms with Crippen molar-refractivity contribution < 1.29 is 9.53 Å². The van der Waals surface area contributed by atoms with Crippen molar-refractivity contribution in [3.8, 4) is 5.75 Å². The summed E-state index contributed by atoms with van der Waals surface area (Å²) in [5.41, 5.74) is 1.03. The Kier molecular flexibility index (Phi) is 3.97. The van der Waals surface area contributed by atoms with Gasteiger partial charge in [0.05, 0.1) is 4.88 Å². The molecule has 88 valence electrons. The number of benzene rings is 1. The van der Waals surface area contributed by atoms with Crippen LogP contribution in [0.4, 0.5) is 0 Å². The van der Waals surface area contributed by atoms with Crippen LogP contribution in [0.5, 0.6) is 5.75 Å². The van der Waals surface area contributed by atoms with Crippen molar-refractivity contribution in [2.45, 2.75) is 6.92 Å². The predicted molar refractivity (Wildman–Crippen MR) is 73.0 cm³/mol. The van der Waals surface area contributed by atoms with E-state index < -0.39 is 0 Å². The number of ether oxygens (including phenoxy) is 1. The first-order chi connectivity index (χ1) is 8.18. The van der Waals surface area contributed by atoms with Crippen LogP contribution in [0.3, 0.4) is 0 Å². The highest BCUT2D eigenvalue weighted by Gasteiger charge is 2.12. The van der Waals surface area contributed by atoms with Crippen LogP contribution in [0.1, 0.15) is 15.2 Å². The van der Waals surface area contributed by atoms with Crippen molar-refractivity contribution in [1.29, 1.82) is 0 Å². The summed E-state index contributed by atoms with van der Waals surface area (Å²) in [5.74, 6) is 0.753. The van der Waals surface area contributed by atoms with E-state index in [9.17, 15) is 4.79 Å². The van der Waals surface area contributed by atoms with Crippen molar-refractivity contribution in [2.24, 2.45) is 0 Å². The second-order valence-electron chi connectivity index (χ2n) is 3.58. The Balaban J connectivity index is 2.02. The molecule has 0 fully saturated rings. The fourth-order valence-electron chi connectivity index (χ4n) is 1.42. The molecule has 4 heteroatoms. The molecule has 2 aromatic rings. The molecule has 1 aromatic heterocycles. The minimum absolute atomic E-state index is 0.00451. The first kappa shape index (κ1) is 12.3. The minimum Gasteiger partial charge on any atom is -0.485 e. The molecule has 0 saturated carbocycles. The van der Waals surface area contributed by atoms with E-state index in [1.54, 1.807) is 0 Å². The summed E-state index contributed by atoms with van der Waals surface area (Å²) in [4.78, 5) is 12.6. The monoisotopic (exact) mass is 310 g/mol. The van der Waals surface area contributed by atoms with Crippen LogP contribution < -0.4 is 4.74 Å². The molecule has 1 aromatic carbocycles. The molecular weight excluding hydrogens is 300 g/mol. The van der Waals surface area contributed by atoms with Gasteiger partial charge in [-0.3, -0.25) is 4.79 Å². The third kappa shape index (κ3) is 2.96. The lowest BCUT2D eigenvalue weighted by Gasteiger charge is -2.07. The summed E-state index contributed by atoms with van der Waals surface area (Å²) in [5, 5.41) is 1.88. The zero-order chi connectivity index (χ0) is 12.3. The maximum Gasteiger partial charge on any atom is 0.211 e. The van der Waals surface area contributed by atoms with Gasteiger partial charge in [-0.05, 0) is 45.9 Å². The summed E-state index contributed by atoms with van der Waals surface area (Å²) >= 11 is 4.76.